The van der Waals surface area contributed by atoms with E-state index in [0.29, 0.717) is 36.1 Å². The van der Waals surface area contributed by atoms with Crippen LogP contribution in [0.1, 0.15) is 28.7 Å². The average molecular weight is 540 g/mol. The molecule has 2 aliphatic carbocycles. The lowest BCUT2D eigenvalue weighted by molar-refractivity contribution is -0.134. The lowest BCUT2D eigenvalue weighted by Crippen LogP contribution is -2.48. The second-order valence-corrected chi connectivity index (χ2v) is 9.88. The van der Waals surface area contributed by atoms with Gasteiger partial charge in [0.15, 0.2) is 5.54 Å². The van der Waals surface area contributed by atoms with E-state index in [0.717, 1.165) is 20.9 Å². The number of fused-ring (bicyclic) bond motifs is 3. The highest BCUT2D eigenvalue weighted by Gasteiger charge is 2.61. The van der Waals surface area contributed by atoms with Gasteiger partial charge in [0.1, 0.15) is 19.0 Å². The number of carbonyl (C=O) groups is 5. The molecule has 0 bridgehead atoms. The molecule has 1 saturated heterocycles. The number of halogens is 2. The summed E-state index contributed by atoms with van der Waals surface area (Å²) in [6, 6.07) is 7.81. The second kappa shape index (κ2) is 10.1. The first-order valence-electron chi connectivity index (χ1n) is 12.6. The van der Waals surface area contributed by atoms with Crippen LogP contribution >= 0.6 is 0 Å². The molecule has 1 spiro atoms. The van der Waals surface area contributed by atoms with Crippen molar-refractivity contribution in [2.45, 2.75) is 31.2 Å². The Hall–Kier alpha value is -4.35. The monoisotopic (exact) mass is 539 g/mol. The van der Waals surface area contributed by atoms with Crippen molar-refractivity contribution in [1.29, 1.82) is 0 Å². The highest BCUT2D eigenvalue weighted by atomic mass is 19.1. The molecule has 3 aliphatic rings. The lowest BCUT2D eigenvalue weighted by atomic mass is 9.89. The Balaban J connectivity index is 1.34. The van der Waals surface area contributed by atoms with Gasteiger partial charge in [0.05, 0.1) is 6.54 Å². The molecule has 2 atom stereocenters. The molecule has 1 heterocycles. The summed E-state index contributed by atoms with van der Waals surface area (Å²) in [5.41, 5.74) is 1.60. The molecule has 2 aromatic carbocycles. The van der Waals surface area contributed by atoms with Crippen molar-refractivity contribution in [3.63, 3.8) is 0 Å². The van der Waals surface area contributed by atoms with Gasteiger partial charge in [-0.25, -0.2) is 18.4 Å². The molecule has 0 radical (unpaired) electrons. The zero-order chi connectivity index (χ0) is 27.9. The first-order valence-corrected chi connectivity index (χ1v) is 12.6. The summed E-state index contributed by atoms with van der Waals surface area (Å²) in [6.45, 7) is -1.90. The maximum atomic E-state index is 14.2. The van der Waals surface area contributed by atoms with Crippen LogP contribution in [0.25, 0.3) is 0 Å². The summed E-state index contributed by atoms with van der Waals surface area (Å²) < 4.78 is 27.4. The van der Waals surface area contributed by atoms with Crippen molar-refractivity contribution < 1.29 is 32.8 Å². The van der Waals surface area contributed by atoms with E-state index in [-0.39, 0.29) is 6.42 Å². The van der Waals surface area contributed by atoms with Crippen LogP contribution in [-0.2, 0) is 39.2 Å². The van der Waals surface area contributed by atoms with Crippen LogP contribution < -0.4 is 16.0 Å². The number of alkyl halides is 1. The van der Waals surface area contributed by atoms with Gasteiger partial charge >= 0.3 is 12.1 Å². The predicted molar refractivity (Wildman–Crippen MR) is 135 cm³/mol. The SMILES string of the molecule is CNC(=O)NC(=O)C1Cc2ccc(NC(=O)CN3C(=O)N(CCF)C(=O)C34CCc3ccc(F)cc34)cc2C1. The molecule has 2 aromatic rings. The normalized spacial score (nSPS) is 21.3. The summed E-state index contributed by atoms with van der Waals surface area (Å²) in [4.78, 5) is 65.5. The number of hydrogen-bond acceptors (Lipinski definition) is 5. The number of anilines is 1. The van der Waals surface area contributed by atoms with Crippen molar-refractivity contribution in [2.24, 2.45) is 5.92 Å². The van der Waals surface area contributed by atoms with Crippen molar-refractivity contribution >= 4 is 35.5 Å². The molecule has 1 fully saturated rings. The molecule has 0 aromatic heterocycles. The van der Waals surface area contributed by atoms with E-state index in [1.54, 1.807) is 24.3 Å². The maximum Gasteiger partial charge on any atom is 0.328 e. The summed E-state index contributed by atoms with van der Waals surface area (Å²) in [5, 5.41) is 7.34. The molecular weight excluding hydrogens is 512 g/mol. The molecule has 39 heavy (non-hydrogen) atoms. The zero-order valence-corrected chi connectivity index (χ0v) is 21.2. The Morgan fingerprint density at radius 2 is 1.79 bits per heavy atom. The summed E-state index contributed by atoms with van der Waals surface area (Å²) in [6.07, 6.45) is 1.38. The van der Waals surface area contributed by atoms with Crippen LogP contribution in [0.4, 0.5) is 24.1 Å². The summed E-state index contributed by atoms with van der Waals surface area (Å²) in [5.74, 6) is -2.66. The molecule has 12 heteroatoms. The minimum atomic E-state index is -1.58. The van der Waals surface area contributed by atoms with Gasteiger partial charge in [-0.3, -0.25) is 29.5 Å². The first kappa shape index (κ1) is 26.3. The number of nitrogens with zero attached hydrogens (tertiary/aromatic N) is 2. The Kier molecular flexibility index (Phi) is 6.79. The standard InChI is InChI=1S/C27H27F2N5O5/c1-30-25(38)32-23(36)18-10-16-3-5-20(12-17(16)11-18)31-22(35)14-34-26(39)33(9-8-28)24(37)27(34)7-6-15-2-4-19(29)13-21(15)27/h2-5,12-13,18H,6-11,14H2,1H3,(H,31,35)(H2,30,32,36,38). The lowest BCUT2D eigenvalue weighted by Gasteiger charge is -2.32. The average Bonchev–Trinajstić information content (AvgIpc) is 3.56. The molecule has 1 aliphatic heterocycles. The number of imide groups is 2. The number of urea groups is 2. The number of aryl methyl sites for hydroxylation is 1. The molecule has 2 unspecified atom stereocenters. The van der Waals surface area contributed by atoms with Gasteiger partial charge in [-0.2, -0.15) is 0 Å². The number of hydrogen-bond donors (Lipinski definition) is 3. The quantitative estimate of drug-likeness (QED) is 0.484. The highest BCUT2D eigenvalue weighted by molar-refractivity contribution is 6.10. The third kappa shape index (κ3) is 4.49. The number of rotatable bonds is 6. The van der Waals surface area contributed by atoms with Gasteiger partial charge in [0.2, 0.25) is 11.8 Å². The number of amides is 7. The highest BCUT2D eigenvalue weighted by Crippen LogP contribution is 2.47. The van der Waals surface area contributed by atoms with Gasteiger partial charge in [-0.1, -0.05) is 12.1 Å². The third-order valence-corrected chi connectivity index (χ3v) is 7.66. The van der Waals surface area contributed by atoms with Gasteiger partial charge in [0, 0.05) is 18.7 Å². The smallest absolute Gasteiger partial charge is 0.328 e. The number of nitrogens with one attached hydrogen (secondary N) is 3. The van der Waals surface area contributed by atoms with E-state index < -0.39 is 66.8 Å². The van der Waals surface area contributed by atoms with Crippen LogP contribution in [0, 0.1) is 11.7 Å². The first-order chi connectivity index (χ1) is 18.7. The molecular formula is C27H27F2N5O5. The van der Waals surface area contributed by atoms with Gasteiger partial charge in [0.25, 0.3) is 5.91 Å². The Morgan fingerprint density at radius 1 is 1.05 bits per heavy atom. The number of benzene rings is 2. The van der Waals surface area contributed by atoms with Gasteiger partial charge < -0.3 is 10.6 Å². The van der Waals surface area contributed by atoms with Crippen molar-refractivity contribution in [1.82, 2.24) is 20.4 Å². The van der Waals surface area contributed by atoms with E-state index >= 15 is 0 Å². The van der Waals surface area contributed by atoms with Crippen LogP contribution in [0.5, 0.6) is 0 Å². The number of carbonyl (C=O) groups excluding carboxylic acids is 5. The van der Waals surface area contributed by atoms with Crippen molar-refractivity contribution in [3.8, 4) is 0 Å². The van der Waals surface area contributed by atoms with E-state index in [2.05, 4.69) is 16.0 Å². The Labute approximate surface area is 222 Å². The van der Waals surface area contributed by atoms with E-state index in [1.165, 1.54) is 19.2 Å². The molecule has 3 N–H and O–H groups in total. The Bertz CT molecular complexity index is 1400. The molecule has 5 rings (SSSR count). The zero-order valence-electron chi connectivity index (χ0n) is 21.2. The summed E-state index contributed by atoms with van der Waals surface area (Å²) >= 11 is 0. The topological polar surface area (TPSA) is 128 Å². The van der Waals surface area contributed by atoms with Gasteiger partial charge in [-0.05, 0) is 72.2 Å². The molecule has 7 amide bonds. The second-order valence-electron chi connectivity index (χ2n) is 9.88. The minimum absolute atomic E-state index is 0.158. The van der Waals surface area contributed by atoms with Gasteiger partial charge in [-0.15, -0.1) is 0 Å². The van der Waals surface area contributed by atoms with E-state index in [4.69, 9.17) is 0 Å². The minimum Gasteiger partial charge on any atom is -0.341 e. The Morgan fingerprint density at radius 3 is 2.54 bits per heavy atom. The maximum absolute atomic E-state index is 14.2. The van der Waals surface area contributed by atoms with Crippen LogP contribution in [0.2, 0.25) is 0 Å². The van der Waals surface area contributed by atoms with Crippen LogP contribution in [0.15, 0.2) is 36.4 Å². The van der Waals surface area contributed by atoms with Crippen molar-refractivity contribution in [3.05, 3.63) is 64.5 Å². The molecule has 10 nitrogen and oxygen atoms in total. The fourth-order valence-corrected chi connectivity index (χ4v) is 5.83. The third-order valence-electron chi connectivity index (χ3n) is 7.66. The fourth-order valence-electron chi connectivity index (χ4n) is 5.83. The molecule has 0 saturated carbocycles. The largest absolute Gasteiger partial charge is 0.341 e. The summed E-state index contributed by atoms with van der Waals surface area (Å²) in [7, 11) is 1.41. The van der Waals surface area contributed by atoms with Crippen LogP contribution in [0.3, 0.4) is 0 Å². The fraction of sp³-hybridized carbons (Fsp3) is 0.370. The van der Waals surface area contributed by atoms with E-state index in [1.807, 2.05) is 0 Å². The van der Waals surface area contributed by atoms with E-state index in [9.17, 15) is 32.8 Å². The molecule has 204 valence electrons. The predicted octanol–water partition coefficient (Wildman–Crippen LogP) is 2.01. The van der Waals surface area contributed by atoms with Crippen molar-refractivity contribution in [2.75, 3.05) is 32.1 Å². The van der Waals surface area contributed by atoms with Crippen LogP contribution in [-0.4, -0.2) is 66.4 Å².